The van der Waals surface area contributed by atoms with Crippen molar-refractivity contribution < 1.29 is 4.79 Å². The summed E-state index contributed by atoms with van der Waals surface area (Å²) in [5.41, 5.74) is 2.90. The minimum atomic E-state index is 0.0723. The Morgan fingerprint density at radius 3 is 2.13 bits per heavy atom. The topological polar surface area (TPSA) is 68.7 Å². The molecule has 4 heterocycles. The first-order valence-electron chi connectivity index (χ1n) is 13.4. The standard InChI is InChI=1S/C30H33N7O/c1-34-13-15-37(16-14-34)30(38)24-11-12-28(31-22-24)35-17-19-36(20-18-35)29-26-10-6-5-9-25(26)27(32-33-29)21-23-7-3-2-4-8-23/h2-12,22H,13-21H2,1H3. The third kappa shape index (κ3) is 5.04. The van der Waals surface area contributed by atoms with Gasteiger partial charge in [-0.3, -0.25) is 4.79 Å². The summed E-state index contributed by atoms with van der Waals surface area (Å²) in [5, 5.41) is 11.7. The molecule has 0 saturated carbocycles. The summed E-state index contributed by atoms with van der Waals surface area (Å²) in [4.78, 5) is 26.3. The van der Waals surface area contributed by atoms with Crippen LogP contribution in [-0.2, 0) is 6.42 Å². The molecule has 38 heavy (non-hydrogen) atoms. The summed E-state index contributed by atoms with van der Waals surface area (Å²) in [6.07, 6.45) is 2.49. The second kappa shape index (κ2) is 10.8. The third-order valence-electron chi connectivity index (χ3n) is 7.65. The minimum absolute atomic E-state index is 0.0723. The van der Waals surface area contributed by atoms with E-state index in [4.69, 9.17) is 5.10 Å². The van der Waals surface area contributed by atoms with Crippen molar-refractivity contribution in [1.82, 2.24) is 25.0 Å². The van der Waals surface area contributed by atoms with E-state index in [2.05, 4.69) is 80.4 Å². The lowest BCUT2D eigenvalue weighted by atomic mass is 10.0. The van der Waals surface area contributed by atoms with E-state index in [1.165, 1.54) is 5.56 Å². The number of nitrogens with zero attached hydrogens (tertiary/aromatic N) is 7. The van der Waals surface area contributed by atoms with Gasteiger partial charge in [-0.05, 0) is 24.7 Å². The van der Waals surface area contributed by atoms with Crippen LogP contribution in [0.5, 0.6) is 0 Å². The highest BCUT2D eigenvalue weighted by Crippen LogP contribution is 2.28. The average Bonchev–Trinajstić information content (AvgIpc) is 2.98. The van der Waals surface area contributed by atoms with Crippen LogP contribution in [0.25, 0.3) is 10.8 Å². The Bertz CT molecular complexity index is 1390. The van der Waals surface area contributed by atoms with Gasteiger partial charge in [0.25, 0.3) is 5.91 Å². The zero-order valence-corrected chi connectivity index (χ0v) is 21.8. The van der Waals surface area contributed by atoms with Gasteiger partial charge >= 0.3 is 0 Å². The predicted molar refractivity (Wildman–Crippen MR) is 151 cm³/mol. The number of benzene rings is 2. The van der Waals surface area contributed by atoms with Crippen LogP contribution in [0, 0.1) is 0 Å². The predicted octanol–water partition coefficient (Wildman–Crippen LogP) is 3.33. The van der Waals surface area contributed by atoms with Crippen LogP contribution in [0.2, 0.25) is 0 Å². The third-order valence-corrected chi connectivity index (χ3v) is 7.65. The van der Waals surface area contributed by atoms with E-state index >= 15 is 0 Å². The van der Waals surface area contributed by atoms with Crippen LogP contribution in [0.15, 0.2) is 72.9 Å². The highest BCUT2D eigenvalue weighted by Gasteiger charge is 2.24. The van der Waals surface area contributed by atoms with Crippen molar-refractivity contribution in [3.8, 4) is 0 Å². The second-order valence-corrected chi connectivity index (χ2v) is 10.2. The van der Waals surface area contributed by atoms with Gasteiger partial charge in [0.1, 0.15) is 5.82 Å². The first kappa shape index (κ1) is 24.3. The Morgan fingerprint density at radius 2 is 1.42 bits per heavy atom. The molecule has 8 nitrogen and oxygen atoms in total. The Morgan fingerprint density at radius 1 is 0.737 bits per heavy atom. The number of hydrogen-bond acceptors (Lipinski definition) is 7. The van der Waals surface area contributed by atoms with E-state index in [1.807, 2.05) is 23.1 Å². The molecule has 0 bridgehead atoms. The smallest absolute Gasteiger partial charge is 0.255 e. The van der Waals surface area contributed by atoms with Crippen LogP contribution in [0.3, 0.4) is 0 Å². The maximum absolute atomic E-state index is 12.9. The normalized spacial score (nSPS) is 16.7. The largest absolute Gasteiger partial charge is 0.353 e. The van der Waals surface area contributed by atoms with Crippen molar-refractivity contribution in [2.45, 2.75) is 6.42 Å². The molecule has 0 radical (unpaired) electrons. The van der Waals surface area contributed by atoms with Gasteiger partial charge < -0.3 is 19.6 Å². The molecular weight excluding hydrogens is 474 g/mol. The molecular formula is C30H33N7O. The fourth-order valence-corrected chi connectivity index (χ4v) is 5.34. The molecule has 0 aliphatic carbocycles. The Labute approximate surface area is 223 Å². The molecule has 2 aliphatic heterocycles. The van der Waals surface area contributed by atoms with Gasteiger partial charge in [0, 0.05) is 75.7 Å². The molecule has 4 aromatic rings. The number of pyridine rings is 1. The van der Waals surface area contributed by atoms with Crippen molar-refractivity contribution in [2.75, 3.05) is 69.2 Å². The number of carbonyl (C=O) groups is 1. The second-order valence-electron chi connectivity index (χ2n) is 10.2. The molecule has 0 unspecified atom stereocenters. The lowest BCUT2D eigenvalue weighted by molar-refractivity contribution is 0.0663. The van der Waals surface area contributed by atoms with Crippen molar-refractivity contribution in [3.63, 3.8) is 0 Å². The molecule has 6 rings (SSSR count). The fourth-order valence-electron chi connectivity index (χ4n) is 5.34. The number of anilines is 2. The number of likely N-dealkylation sites (N-methyl/N-ethyl adjacent to an activating group) is 1. The molecule has 2 aromatic heterocycles. The van der Waals surface area contributed by atoms with Crippen LogP contribution < -0.4 is 9.80 Å². The Hall–Kier alpha value is -4.04. The van der Waals surface area contributed by atoms with Gasteiger partial charge in [0.15, 0.2) is 5.82 Å². The zero-order valence-electron chi connectivity index (χ0n) is 21.8. The molecule has 2 aliphatic rings. The van der Waals surface area contributed by atoms with Crippen LogP contribution in [0.1, 0.15) is 21.6 Å². The van der Waals surface area contributed by atoms with E-state index in [-0.39, 0.29) is 5.91 Å². The summed E-state index contributed by atoms with van der Waals surface area (Å²) in [7, 11) is 2.09. The quantitative estimate of drug-likeness (QED) is 0.411. The van der Waals surface area contributed by atoms with Crippen LogP contribution >= 0.6 is 0 Å². The van der Waals surface area contributed by atoms with Crippen molar-refractivity contribution in [2.24, 2.45) is 0 Å². The molecule has 8 heteroatoms. The lowest BCUT2D eigenvalue weighted by Gasteiger charge is -2.36. The van der Waals surface area contributed by atoms with Gasteiger partial charge in [-0.15, -0.1) is 5.10 Å². The van der Waals surface area contributed by atoms with Crippen molar-refractivity contribution in [3.05, 3.63) is 89.7 Å². The number of piperazine rings is 2. The molecule has 0 N–H and O–H groups in total. The van der Waals surface area contributed by atoms with Gasteiger partial charge in [-0.2, -0.15) is 5.10 Å². The van der Waals surface area contributed by atoms with Crippen molar-refractivity contribution >= 4 is 28.3 Å². The molecule has 194 valence electrons. The van der Waals surface area contributed by atoms with Crippen LogP contribution in [-0.4, -0.2) is 90.3 Å². The Balaban J connectivity index is 1.13. The summed E-state index contributed by atoms with van der Waals surface area (Å²) in [5.74, 6) is 1.93. The number of aromatic nitrogens is 3. The van der Waals surface area contributed by atoms with Gasteiger partial charge in [0.05, 0.1) is 11.3 Å². The van der Waals surface area contributed by atoms with E-state index in [0.717, 1.165) is 86.9 Å². The molecule has 2 saturated heterocycles. The van der Waals surface area contributed by atoms with E-state index in [1.54, 1.807) is 6.20 Å². The van der Waals surface area contributed by atoms with Gasteiger partial charge in [-0.25, -0.2) is 4.98 Å². The molecule has 1 amide bonds. The van der Waals surface area contributed by atoms with Crippen LogP contribution in [0.4, 0.5) is 11.6 Å². The number of carbonyl (C=O) groups excluding carboxylic acids is 1. The first-order chi connectivity index (χ1) is 18.7. The summed E-state index contributed by atoms with van der Waals surface area (Å²) >= 11 is 0. The Kier molecular flexibility index (Phi) is 6.88. The van der Waals surface area contributed by atoms with E-state index in [0.29, 0.717) is 5.56 Å². The summed E-state index contributed by atoms with van der Waals surface area (Å²) < 4.78 is 0. The number of rotatable bonds is 5. The highest BCUT2D eigenvalue weighted by molar-refractivity contribution is 5.94. The monoisotopic (exact) mass is 507 g/mol. The zero-order chi connectivity index (χ0) is 25.9. The van der Waals surface area contributed by atoms with Gasteiger partial charge in [-0.1, -0.05) is 54.6 Å². The number of fused-ring (bicyclic) bond motifs is 1. The maximum Gasteiger partial charge on any atom is 0.255 e. The molecule has 0 spiro atoms. The summed E-state index contributed by atoms with van der Waals surface area (Å²) in [6, 6.07) is 22.8. The van der Waals surface area contributed by atoms with Crippen molar-refractivity contribution in [1.29, 1.82) is 0 Å². The molecule has 2 fully saturated rings. The number of hydrogen-bond donors (Lipinski definition) is 0. The van der Waals surface area contributed by atoms with Gasteiger partial charge in [0.2, 0.25) is 0 Å². The summed E-state index contributed by atoms with van der Waals surface area (Å²) in [6.45, 7) is 6.70. The first-order valence-corrected chi connectivity index (χ1v) is 13.4. The lowest BCUT2D eigenvalue weighted by Crippen LogP contribution is -2.47. The van der Waals surface area contributed by atoms with E-state index in [9.17, 15) is 4.79 Å². The average molecular weight is 508 g/mol. The van der Waals surface area contributed by atoms with E-state index < -0.39 is 0 Å². The minimum Gasteiger partial charge on any atom is -0.353 e. The SMILES string of the molecule is CN1CCN(C(=O)c2ccc(N3CCN(c4nnc(Cc5ccccc5)c5ccccc45)CC3)nc2)CC1. The maximum atomic E-state index is 12.9. The fraction of sp³-hybridized carbons (Fsp3) is 0.333. The molecule has 0 atom stereocenters. The molecule has 2 aromatic carbocycles. The highest BCUT2D eigenvalue weighted by atomic mass is 16.2. The number of amides is 1.